The van der Waals surface area contributed by atoms with E-state index in [1.165, 1.54) is 19.3 Å². The number of guanidine groups is 1. The molecule has 0 aliphatic heterocycles. The number of ether oxygens (including phenoxy) is 1. The number of nitrogens with zero attached hydrogens (tertiary/aromatic N) is 1. The van der Waals surface area contributed by atoms with Crippen molar-refractivity contribution in [2.75, 3.05) is 26.8 Å². The third-order valence-electron chi connectivity index (χ3n) is 2.83. The van der Waals surface area contributed by atoms with E-state index in [0.29, 0.717) is 5.96 Å². The quantitative estimate of drug-likeness (QED) is 0.321. The van der Waals surface area contributed by atoms with Crippen LogP contribution in [-0.4, -0.2) is 32.8 Å². The van der Waals surface area contributed by atoms with Crippen LogP contribution in [0, 0.1) is 5.92 Å². The number of methoxy groups -OCH3 is 1. The largest absolute Gasteiger partial charge is 0.385 e. The first-order chi connectivity index (χ1) is 7.33. The van der Waals surface area contributed by atoms with Gasteiger partial charge in [0.15, 0.2) is 5.96 Å². The SMILES string of the molecule is COCCCCNC(N)=NCC1CCC1.I. The molecule has 5 heteroatoms. The van der Waals surface area contributed by atoms with Crippen LogP contribution in [-0.2, 0) is 4.74 Å². The summed E-state index contributed by atoms with van der Waals surface area (Å²) < 4.78 is 4.96. The Morgan fingerprint density at radius 3 is 2.75 bits per heavy atom. The highest BCUT2D eigenvalue weighted by Crippen LogP contribution is 2.26. The molecule has 1 aliphatic rings. The van der Waals surface area contributed by atoms with Crippen LogP contribution >= 0.6 is 24.0 Å². The summed E-state index contributed by atoms with van der Waals surface area (Å²) in [6, 6.07) is 0. The standard InChI is InChI=1S/C11H23N3O.HI/c1-15-8-3-2-7-13-11(12)14-9-10-5-4-6-10;/h10H,2-9H2,1H3,(H3,12,13,14);1H. The smallest absolute Gasteiger partial charge is 0.188 e. The van der Waals surface area contributed by atoms with E-state index in [4.69, 9.17) is 10.5 Å². The topological polar surface area (TPSA) is 59.6 Å². The Hall–Kier alpha value is -0.0400. The number of nitrogens with one attached hydrogen (secondary N) is 1. The highest BCUT2D eigenvalue weighted by atomic mass is 127. The number of unbranched alkanes of at least 4 members (excludes halogenated alkanes) is 1. The number of hydrogen-bond acceptors (Lipinski definition) is 2. The zero-order valence-corrected chi connectivity index (χ0v) is 12.4. The Balaban J connectivity index is 0.00000225. The number of aliphatic imine (C=N–C) groups is 1. The molecule has 0 aromatic rings. The zero-order valence-electron chi connectivity index (χ0n) is 10.1. The van der Waals surface area contributed by atoms with E-state index in [2.05, 4.69) is 10.3 Å². The molecular formula is C11H24IN3O. The zero-order chi connectivity index (χ0) is 10.9. The monoisotopic (exact) mass is 341 g/mol. The Kier molecular flexibility index (Phi) is 10.1. The van der Waals surface area contributed by atoms with Crippen LogP contribution in [0.4, 0.5) is 0 Å². The summed E-state index contributed by atoms with van der Waals surface area (Å²) in [4.78, 5) is 4.32. The molecule has 0 radical (unpaired) electrons. The second-order valence-electron chi connectivity index (χ2n) is 4.15. The molecule has 0 atom stereocenters. The molecule has 0 aromatic carbocycles. The maximum atomic E-state index is 5.72. The van der Waals surface area contributed by atoms with Crippen LogP contribution in [0.5, 0.6) is 0 Å². The lowest BCUT2D eigenvalue weighted by Crippen LogP contribution is -2.33. The molecule has 3 N–H and O–H groups in total. The van der Waals surface area contributed by atoms with Gasteiger partial charge in [-0.3, -0.25) is 4.99 Å². The van der Waals surface area contributed by atoms with E-state index < -0.39 is 0 Å². The minimum atomic E-state index is 0. The van der Waals surface area contributed by atoms with Crippen LogP contribution in [0.25, 0.3) is 0 Å². The first-order valence-corrected chi connectivity index (χ1v) is 5.85. The number of hydrogen-bond donors (Lipinski definition) is 2. The first kappa shape index (κ1) is 16.0. The van der Waals surface area contributed by atoms with Gasteiger partial charge in [0.2, 0.25) is 0 Å². The average molecular weight is 341 g/mol. The molecule has 16 heavy (non-hydrogen) atoms. The summed E-state index contributed by atoms with van der Waals surface area (Å²) in [7, 11) is 1.72. The molecule has 0 aromatic heterocycles. The summed E-state index contributed by atoms with van der Waals surface area (Å²) in [5.41, 5.74) is 5.72. The normalized spacial score (nSPS) is 16.4. The van der Waals surface area contributed by atoms with Gasteiger partial charge in [-0.15, -0.1) is 24.0 Å². The molecule has 1 rings (SSSR count). The highest BCUT2D eigenvalue weighted by Gasteiger charge is 2.16. The van der Waals surface area contributed by atoms with Crippen LogP contribution in [0.2, 0.25) is 0 Å². The summed E-state index contributed by atoms with van der Waals surface area (Å²) in [5.74, 6) is 1.39. The van der Waals surface area contributed by atoms with Crippen LogP contribution in [0.15, 0.2) is 4.99 Å². The van der Waals surface area contributed by atoms with E-state index in [-0.39, 0.29) is 24.0 Å². The molecular weight excluding hydrogens is 317 g/mol. The predicted molar refractivity (Wildman–Crippen MR) is 78.4 cm³/mol. The lowest BCUT2D eigenvalue weighted by atomic mass is 9.86. The maximum absolute atomic E-state index is 5.72. The van der Waals surface area contributed by atoms with Crippen molar-refractivity contribution in [3.8, 4) is 0 Å². The van der Waals surface area contributed by atoms with Crippen molar-refractivity contribution in [1.29, 1.82) is 0 Å². The molecule has 0 unspecified atom stereocenters. The number of nitrogens with two attached hydrogens (primary N) is 1. The van der Waals surface area contributed by atoms with Gasteiger partial charge in [-0.05, 0) is 31.6 Å². The van der Waals surface area contributed by atoms with Gasteiger partial charge in [-0.25, -0.2) is 0 Å². The van der Waals surface area contributed by atoms with E-state index in [0.717, 1.165) is 38.5 Å². The summed E-state index contributed by atoms with van der Waals surface area (Å²) in [5, 5.41) is 3.12. The van der Waals surface area contributed by atoms with E-state index >= 15 is 0 Å². The van der Waals surface area contributed by atoms with Gasteiger partial charge in [-0.2, -0.15) is 0 Å². The molecule has 1 saturated carbocycles. The average Bonchev–Trinajstić information content (AvgIpc) is 2.15. The fourth-order valence-electron chi connectivity index (χ4n) is 1.55. The van der Waals surface area contributed by atoms with Crippen molar-refractivity contribution in [3.63, 3.8) is 0 Å². The predicted octanol–water partition coefficient (Wildman–Crippen LogP) is 1.74. The van der Waals surface area contributed by atoms with Gasteiger partial charge in [0, 0.05) is 26.8 Å². The molecule has 0 saturated heterocycles. The molecule has 1 fully saturated rings. The molecule has 0 amide bonds. The summed E-state index contributed by atoms with van der Waals surface area (Å²) >= 11 is 0. The van der Waals surface area contributed by atoms with Crippen molar-refractivity contribution >= 4 is 29.9 Å². The maximum Gasteiger partial charge on any atom is 0.188 e. The van der Waals surface area contributed by atoms with Gasteiger partial charge < -0.3 is 15.8 Å². The summed E-state index contributed by atoms with van der Waals surface area (Å²) in [6.07, 6.45) is 6.16. The molecule has 96 valence electrons. The fraction of sp³-hybridized carbons (Fsp3) is 0.909. The molecule has 4 nitrogen and oxygen atoms in total. The highest BCUT2D eigenvalue weighted by molar-refractivity contribution is 14.0. The number of halogens is 1. The lowest BCUT2D eigenvalue weighted by Gasteiger charge is -2.23. The molecule has 0 bridgehead atoms. The number of rotatable bonds is 7. The molecule has 0 spiro atoms. The van der Waals surface area contributed by atoms with Gasteiger partial charge in [0.1, 0.15) is 0 Å². The van der Waals surface area contributed by atoms with Gasteiger partial charge in [0.25, 0.3) is 0 Å². The van der Waals surface area contributed by atoms with E-state index in [1.54, 1.807) is 7.11 Å². The second kappa shape index (κ2) is 10.1. The van der Waals surface area contributed by atoms with Crippen LogP contribution in [0.1, 0.15) is 32.1 Å². The lowest BCUT2D eigenvalue weighted by molar-refractivity contribution is 0.193. The van der Waals surface area contributed by atoms with E-state index in [1.807, 2.05) is 0 Å². The molecule has 0 heterocycles. The minimum absolute atomic E-state index is 0. The van der Waals surface area contributed by atoms with E-state index in [9.17, 15) is 0 Å². The Morgan fingerprint density at radius 1 is 1.44 bits per heavy atom. The Morgan fingerprint density at radius 2 is 2.19 bits per heavy atom. The first-order valence-electron chi connectivity index (χ1n) is 5.85. The van der Waals surface area contributed by atoms with Crippen LogP contribution < -0.4 is 11.1 Å². The van der Waals surface area contributed by atoms with Crippen molar-refractivity contribution in [2.24, 2.45) is 16.6 Å². The van der Waals surface area contributed by atoms with Crippen LogP contribution in [0.3, 0.4) is 0 Å². The van der Waals surface area contributed by atoms with Crippen molar-refractivity contribution < 1.29 is 4.74 Å². The Bertz CT molecular complexity index is 196. The third kappa shape index (κ3) is 7.27. The van der Waals surface area contributed by atoms with Gasteiger partial charge in [-0.1, -0.05) is 6.42 Å². The minimum Gasteiger partial charge on any atom is -0.385 e. The Labute approximate surface area is 115 Å². The van der Waals surface area contributed by atoms with Crippen molar-refractivity contribution in [3.05, 3.63) is 0 Å². The van der Waals surface area contributed by atoms with Gasteiger partial charge >= 0.3 is 0 Å². The molecule has 1 aliphatic carbocycles. The fourth-order valence-corrected chi connectivity index (χ4v) is 1.55. The third-order valence-corrected chi connectivity index (χ3v) is 2.83. The van der Waals surface area contributed by atoms with Crippen molar-refractivity contribution in [1.82, 2.24) is 5.32 Å². The van der Waals surface area contributed by atoms with Crippen molar-refractivity contribution in [2.45, 2.75) is 32.1 Å². The second-order valence-corrected chi connectivity index (χ2v) is 4.15. The van der Waals surface area contributed by atoms with Gasteiger partial charge in [0.05, 0.1) is 0 Å². The summed E-state index contributed by atoms with van der Waals surface area (Å²) in [6.45, 7) is 2.61.